The van der Waals surface area contributed by atoms with Gasteiger partial charge in [0.1, 0.15) is 0 Å². The molecule has 25 heavy (non-hydrogen) atoms. The fourth-order valence-corrected chi connectivity index (χ4v) is 4.38. The second kappa shape index (κ2) is 5.99. The summed E-state index contributed by atoms with van der Waals surface area (Å²) in [6, 6.07) is 2.75. The van der Waals surface area contributed by atoms with Crippen LogP contribution in [0.5, 0.6) is 0 Å². The van der Waals surface area contributed by atoms with Crippen LogP contribution in [0.4, 0.5) is 18.0 Å². The number of amides is 2. The Balaban J connectivity index is 1.82. The maximum atomic E-state index is 12.8. The molecular formula is C14H13F3N2O5S. The number of rotatable bonds is 3. The van der Waals surface area contributed by atoms with E-state index in [1.807, 2.05) is 0 Å². The Hall–Kier alpha value is -2.14. The van der Waals surface area contributed by atoms with Gasteiger partial charge >= 0.3 is 12.3 Å². The molecule has 0 N–H and O–H groups in total. The number of cyclic esters (lactones) is 1. The summed E-state index contributed by atoms with van der Waals surface area (Å²) in [4.78, 5) is 23.6. The number of benzene rings is 1. The van der Waals surface area contributed by atoms with Gasteiger partial charge in [0.2, 0.25) is 10.0 Å². The maximum Gasteiger partial charge on any atom is 0.417 e. The third kappa shape index (κ3) is 3.21. The molecule has 2 fully saturated rings. The minimum atomic E-state index is -4.66. The number of ether oxygens (including phenoxy) is 1. The average Bonchev–Trinajstić information content (AvgIpc) is 3.14. The molecular weight excluding hydrogens is 365 g/mol. The first-order chi connectivity index (χ1) is 11.6. The highest BCUT2D eigenvalue weighted by molar-refractivity contribution is 7.89. The lowest BCUT2D eigenvalue weighted by molar-refractivity contribution is -0.137. The summed E-state index contributed by atoms with van der Waals surface area (Å²) in [7, 11) is -4.18. The summed E-state index contributed by atoms with van der Waals surface area (Å²) in [5.41, 5.74) is -1.07. The molecule has 1 aromatic rings. The molecule has 11 heteroatoms. The molecule has 0 aliphatic carbocycles. The van der Waals surface area contributed by atoms with Crippen LogP contribution in [0.15, 0.2) is 29.2 Å². The van der Waals surface area contributed by atoms with Crippen molar-refractivity contribution in [1.82, 2.24) is 9.21 Å². The number of alkyl halides is 3. The van der Waals surface area contributed by atoms with Crippen molar-refractivity contribution in [2.75, 3.05) is 19.7 Å². The van der Waals surface area contributed by atoms with Gasteiger partial charge in [-0.2, -0.15) is 17.5 Å². The second-order valence-corrected chi connectivity index (χ2v) is 7.59. The van der Waals surface area contributed by atoms with Crippen molar-refractivity contribution in [3.8, 4) is 0 Å². The van der Waals surface area contributed by atoms with E-state index in [2.05, 4.69) is 4.74 Å². The van der Waals surface area contributed by atoms with Gasteiger partial charge in [0, 0.05) is 13.1 Å². The van der Waals surface area contributed by atoms with Crippen LogP contribution in [0.3, 0.4) is 0 Å². The number of carbonyl (C=O) groups is 2. The number of halogens is 3. The minimum Gasteiger partial charge on any atom is -0.439 e. The molecule has 1 atom stereocenters. The number of sulfonamides is 1. The van der Waals surface area contributed by atoms with E-state index in [0.717, 1.165) is 27.4 Å². The lowest BCUT2D eigenvalue weighted by Crippen LogP contribution is -2.42. The number of hydrogen-bond donors (Lipinski definition) is 0. The second-order valence-electron chi connectivity index (χ2n) is 5.65. The van der Waals surface area contributed by atoms with Gasteiger partial charge in [0.05, 0.1) is 16.5 Å². The van der Waals surface area contributed by atoms with Gasteiger partial charge in [-0.1, -0.05) is 6.07 Å². The van der Waals surface area contributed by atoms with E-state index in [1.165, 1.54) is 0 Å². The van der Waals surface area contributed by atoms with Crippen LogP contribution >= 0.6 is 0 Å². The van der Waals surface area contributed by atoms with E-state index < -0.39 is 51.3 Å². The Morgan fingerprint density at radius 2 is 1.92 bits per heavy atom. The Bertz CT molecular complexity index is 808. The first-order valence-electron chi connectivity index (χ1n) is 7.27. The SMILES string of the molecule is O=C1COC(=O)N1C1CCN(S(=O)(=O)c2cccc(C(F)(F)F)c2)C1. The molecule has 2 aliphatic heterocycles. The third-order valence-corrected chi connectivity index (χ3v) is 5.94. The van der Waals surface area contributed by atoms with E-state index in [4.69, 9.17) is 0 Å². The first kappa shape index (κ1) is 17.7. The standard InChI is InChI=1S/C14H13F3N2O5S/c15-14(16,17)9-2-1-3-11(6-9)25(22,23)18-5-4-10(7-18)19-12(20)8-24-13(19)21/h1-3,6,10H,4-5,7-8H2. The van der Waals surface area contributed by atoms with Crippen LogP contribution in [0, 0.1) is 0 Å². The summed E-state index contributed by atoms with van der Waals surface area (Å²) < 4.78 is 69.1. The molecule has 2 aliphatic rings. The summed E-state index contributed by atoms with van der Waals surface area (Å²) in [6.07, 6.45) is -5.31. The highest BCUT2D eigenvalue weighted by Gasteiger charge is 2.43. The van der Waals surface area contributed by atoms with E-state index in [0.29, 0.717) is 6.07 Å². The fourth-order valence-electron chi connectivity index (χ4n) is 2.84. The zero-order valence-electron chi connectivity index (χ0n) is 12.7. The predicted octanol–water partition coefficient (Wildman–Crippen LogP) is 1.45. The maximum absolute atomic E-state index is 12.8. The van der Waals surface area contributed by atoms with Crippen molar-refractivity contribution >= 4 is 22.0 Å². The van der Waals surface area contributed by atoms with Crippen molar-refractivity contribution in [3.05, 3.63) is 29.8 Å². The number of imide groups is 1. The molecule has 0 aromatic heterocycles. The molecule has 0 radical (unpaired) electrons. The zero-order valence-corrected chi connectivity index (χ0v) is 13.5. The average molecular weight is 378 g/mol. The molecule has 7 nitrogen and oxygen atoms in total. The van der Waals surface area contributed by atoms with Gasteiger partial charge in [-0.25, -0.2) is 18.1 Å². The van der Waals surface area contributed by atoms with E-state index in [1.54, 1.807) is 0 Å². The Kier molecular flexibility index (Phi) is 4.23. The molecule has 1 unspecified atom stereocenters. The van der Waals surface area contributed by atoms with Crippen molar-refractivity contribution in [3.63, 3.8) is 0 Å². The zero-order chi connectivity index (χ0) is 18.4. The van der Waals surface area contributed by atoms with E-state index >= 15 is 0 Å². The summed E-state index contributed by atoms with van der Waals surface area (Å²) in [6.45, 7) is -0.588. The Morgan fingerprint density at radius 1 is 1.20 bits per heavy atom. The molecule has 136 valence electrons. The summed E-state index contributed by atoms with van der Waals surface area (Å²) in [5.74, 6) is -0.562. The molecule has 0 bridgehead atoms. The summed E-state index contributed by atoms with van der Waals surface area (Å²) in [5, 5.41) is 0. The highest BCUT2D eigenvalue weighted by Crippen LogP contribution is 2.32. The van der Waals surface area contributed by atoms with Crippen molar-refractivity contribution in [2.45, 2.75) is 23.5 Å². The molecule has 2 heterocycles. The molecule has 0 saturated carbocycles. The Labute approximate surface area is 141 Å². The largest absolute Gasteiger partial charge is 0.439 e. The van der Waals surface area contributed by atoms with Gasteiger partial charge in [0.15, 0.2) is 6.61 Å². The first-order valence-corrected chi connectivity index (χ1v) is 8.71. The van der Waals surface area contributed by atoms with E-state index in [-0.39, 0.29) is 19.5 Å². The molecule has 2 saturated heterocycles. The van der Waals surface area contributed by atoms with Gasteiger partial charge in [0.25, 0.3) is 5.91 Å². The van der Waals surface area contributed by atoms with Gasteiger partial charge in [-0.05, 0) is 24.6 Å². The van der Waals surface area contributed by atoms with Gasteiger partial charge < -0.3 is 4.74 Å². The van der Waals surface area contributed by atoms with Crippen LogP contribution in [0.2, 0.25) is 0 Å². The fraction of sp³-hybridized carbons (Fsp3) is 0.429. The molecule has 0 spiro atoms. The molecule has 2 amide bonds. The number of carbonyl (C=O) groups excluding carboxylic acids is 2. The van der Waals surface area contributed by atoms with Crippen LogP contribution in [0.25, 0.3) is 0 Å². The van der Waals surface area contributed by atoms with Crippen LogP contribution in [-0.4, -0.2) is 55.4 Å². The van der Waals surface area contributed by atoms with Crippen LogP contribution in [0.1, 0.15) is 12.0 Å². The van der Waals surface area contributed by atoms with Crippen molar-refractivity contribution < 1.29 is 35.9 Å². The van der Waals surface area contributed by atoms with Crippen LogP contribution < -0.4 is 0 Å². The quantitative estimate of drug-likeness (QED) is 0.795. The van der Waals surface area contributed by atoms with Gasteiger partial charge in [-0.15, -0.1) is 0 Å². The topological polar surface area (TPSA) is 84.0 Å². The Morgan fingerprint density at radius 3 is 2.52 bits per heavy atom. The van der Waals surface area contributed by atoms with Gasteiger partial charge in [-0.3, -0.25) is 4.79 Å². The van der Waals surface area contributed by atoms with Crippen molar-refractivity contribution in [2.24, 2.45) is 0 Å². The molecule has 1 aromatic carbocycles. The minimum absolute atomic E-state index is 0.0136. The molecule has 3 rings (SSSR count). The monoisotopic (exact) mass is 378 g/mol. The normalized spacial score (nSPS) is 22.5. The third-order valence-electron chi connectivity index (χ3n) is 4.07. The van der Waals surface area contributed by atoms with Crippen molar-refractivity contribution in [1.29, 1.82) is 0 Å². The lowest BCUT2D eigenvalue weighted by Gasteiger charge is -2.20. The highest BCUT2D eigenvalue weighted by atomic mass is 32.2. The number of nitrogens with zero attached hydrogens (tertiary/aromatic N) is 2. The number of hydrogen-bond acceptors (Lipinski definition) is 5. The lowest BCUT2D eigenvalue weighted by atomic mass is 10.2. The van der Waals surface area contributed by atoms with E-state index in [9.17, 15) is 31.2 Å². The van der Waals surface area contributed by atoms with Crippen LogP contribution in [-0.2, 0) is 25.7 Å². The summed E-state index contributed by atoms with van der Waals surface area (Å²) >= 11 is 0. The predicted molar refractivity (Wildman–Crippen MR) is 76.8 cm³/mol. The smallest absolute Gasteiger partial charge is 0.417 e.